The lowest BCUT2D eigenvalue weighted by atomic mass is 10.0. The SMILES string of the molecule is Cc1cc(-c2[nH][nH]c(=O)c2C)c2cccc(OCc3c(C)ccnc3Cn3cccc(C(F)(F)F)c3=O)c2n1. The van der Waals surface area contributed by atoms with Crippen molar-refractivity contribution in [1.29, 1.82) is 0 Å². The number of aryl methyl sites for hydroxylation is 2. The zero-order chi connectivity index (χ0) is 27.9. The van der Waals surface area contributed by atoms with Gasteiger partial charge in [0.2, 0.25) is 0 Å². The molecular formula is C28H24F3N5O3. The fourth-order valence-electron chi connectivity index (χ4n) is 4.53. The van der Waals surface area contributed by atoms with E-state index in [1.165, 1.54) is 12.3 Å². The number of H-pyrrole nitrogens is 2. The minimum Gasteiger partial charge on any atom is -0.487 e. The summed E-state index contributed by atoms with van der Waals surface area (Å²) >= 11 is 0. The van der Waals surface area contributed by atoms with Crippen molar-refractivity contribution >= 4 is 10.9 Å². The van der Waals surface area contributed by atoms with Gasteiger partial charge in [-0.25, -0.2) is 4.98 Å². The van der Waals surface area contributed by atoms with Crippen LogP contribution in [0.5, 0.6) is 5.75 Å². The molecule has 200 valence electrons. The van der Waals surface area contributed by atoms with E-state index < -0.39 is 17.3 Å². The third-order valence-electron chi connectivity index (χ3n) is 6.61. The molecule has 39 heavy (non-hydrogen) atoms. The monoisotopic (exact) mass is 535 g/mol. The van der Waals surface area contributed by atoms with Gasteiger partial charge in [-0.05, 0) is 56.7 Å². The lowest BCUT2D eigenvalue weighted by molar-refractivity contribution is -0.138. The summed E-state index contributed by atoms with van der Waals surface area (Å²) in [6.07, 6.45) is -1.91. The Kier molecular flexibility index (Phi) is 6.59. The summed E-state index contributed by atoms with van der Waals surface area (Å²) in [5.74, 6) is 0.485. The van der Waals surface area contributed by atoms with Gasteiger partial charge >= 0.3 is 6.18 Å². The number of hydrogen-bond donors (Lipinski definition) is 2. The number of fused-ring (bicyclic) bond motifs is 1. The van der Waals surface area contributed by atoms with Crippen molar-refractivity contribution in [3.63, 3.8) is 0 Å². The number of aromatic amines is 2. The van der Waals surface area contributed by atoms with Crippen LogP contribution in [0.25, 0.3) is 22.2 Å². The predicted octanol–water partition coefficient (Wildman–Crippen LogP) is 5.05. The number of ether oxygens (including phenoxy) is 1. The standard InChI is InChI=1S/C28H24F3N5O3/c1-15-9-10-32-22(13-36-11-5-7-21(27(36)38)28(29,30)31)20(15)14-39-23-8-4-6-18-19(12-16(2)33-25(18)23)24-17(3)26(37)35-34-24/h4-12H,13-14H2,1-3H3,(H2,34,35,37). The molecule has 0 spiro atoms. The van der Waals surface area contributed by atoms with Crippen molar-refractivity contribution in [2.75, 3.05) is 0 Å². The Balaban J connectivity index is 1.51. The van der Waals surface area contributed by atoms with Crippen molar-refractivity contribution in [1.82, 2.24) is 24.7 Å². The normalized spacial score (nSPS) is 11.7. The van der Waals surface area contributed by atoms with Crippen molar-refractivity contribution in [3.05, 3.63) is 109 Å². The van der Waals surface area contributed by atoms with E-state index in [9.17, 15) is 22.8 Å². The molecule has 0 unspecified atom stereocenters. The van der Waals surface area contributed by atoms with E-state index in [-0.39, 0.29) is 18.7 Å². The van der Waals surface area contributed by atoms with Crippen LogP contribution in [0.1, 0.15) is 33.6 Å². The van der Waals surface area contributed by atoms with Gasteiger partial charge in [0.05, 0.1) is 17.9 Å². The van der Waals surface area contributed by atoms with Gasteiger partial charge < -0.3 is 9.30 Å². The maximum absolute atomic E-state index is 13.3. The Morgan fingerprint density at radius 3 is 2.54 bits per heavy atom. The molecule has 0 fully saturated rings. The van der Waals surface area contributed by atoms with E-state index >= 15 is 0 Å². The smallest absolute Gasteiger partial charge is 0.421 e. The molecule has 0 saturated carbocycles. The van der Waals surface area contributed by atoms with Crippen molar-refractivity contribution in [2.45, 2.75) is 40.1 Å². The van der Waals surface area contributed by atoms with E-state index in [1.54, 1.807) is 25.3 Å². The van der Waals surface area contributed by atoms with Crippen LogP contribution in [0.2, 0.25) is 0 Å². The maximum atomic E-state index is 13.3. The fourth-order valence-corrected chi connectivity index (χ4v) is 4.53. The first-order valence-corrected chi connectivity index (χ1v) is 12.1. The molecular weight excluding hydrogens is 511 g/mol. The average Bonchev–Trinajstić information content (AvgIpc) is 3.21. The Hall–Kier alpha value is -4.67. The van der Waals surface area contributed by atoms with Gasteiger partial charge in [0.1, 0.15) is 23.4 Å². The topological polar surface area (TPSA) is 106 Å². The lowest BCUT2D eigenvalue weighted by Gasteiger charge is -2.16. The van der Waals surface area contributed by atoms with Gasteiger partial charge in [-0.15, -0.1) is 0 Å². The first-order valence-electron chi connectivity index (χ1n) is 12.1. The second-order valence-electron chi connectivity index (χ2n) is 9.24. The summed E-state index contributed by atoms with van der Waals surface area (Å²) in [5, 5.41) is 6.31. The molecule has 0 amide bonds. The number of aromatic nitrogens is 5. The number of alkyl halides is 3. The quantitative estimate of drug-likeness (QED) is 0.317. The molecule has 0 aliphatic carbocycles. The fraction of sp³-hybridized carbons (Fsp3) is 0.214. The highest BCUT2D eigenvalue weighted by Gasteiger charge is 2.34. The first kappa shape index (κ1) is 26.0. The third-order valence-corrected chi connectivity index (χ3v) is 6.61. The third kappa shape index (κ3) is 4.95. The summed E-state index contributed by atoms with van der Waals surface area (Å²) in [4.78, 5) is 33.6. The summed E-state index contributed by atoms with van der Waals surface area (Å²) in [6, 6.07) is 11.1. The summed E-state index contributed by atoms with van der Waals surface area (Å²) in [5.41, 5.74) is 2.61. The molecule has 2 N–H and O–H groups in total. The van der Waals surface area contributed by atoms with Crippen LogP contribution in [0, 0.1) is 20.8 Å². The van der Waals surface area contributed by atoms with Crippen LogP contribution in [-0.4, -0.2) is 24.7 Å². The van der Waals surface area contributed by atoms with Gasteiger partial charge in [0, 0.05) is 40.2 Å². The average molecular weight is 536 g/mol. The molecule has 0 bridgehead atoms. The number of nitrogens with one attached hydrogen (secondary N) is 2. The molecule has 0 atom stereocenters. The highest BCUT2D eigenvalue weighted by Crippen LogP contribution is 2.33. The summed E-state index contributed by atoms with van der Waals surface area (Å²) < 4.78 is 47.0. The van der Waals surface area contributed by atoms with Gasteiger partial charge in [-0.3, -0.25) is 24.8 Å². The largest absolute Gasteiger partial charge is 0.487 e. The number of pyridine rings is 3. The molecule has 0 aliphatic heterocycles. The van der Waals surface area contributed by atoms with Crippen molar-refractivity contribution < 1.29 is 17.9 Å². The zero-order valence-electron chi connectivity index (χ0n) is 21.3. The van der Waals surface area contributed by atoms with Gasteiger partial charge in [-0.1, -0.05) is 12.1 Å². The number of halogens is 3. The Morgan fingerprint density at radius 1 is 1.03 bits per heavy atom. The number of para-hydroxylation sites is 1. The van der Waals surface area contributed by atoms with Crippen molar-refractivity contribution in [2.24, 2.45) is 0 Å². The van der Waals surface area contributed by atoms with Crippen LogP contribution >= 0.6 is 0 Å². The highest BCUT2D eigenvalue weighted by molar-refractivity contribution is 5.97. The highest BCUT2D eigenvalue weighted by atomic mass is 19.4. The van der Waals surface area contributed by atoms with E-state index in [0.29, 0.717) is 33.8 Å². The Labute approximate surface area is 220 Å². The second-order valence-corrected chi connectivity index (χ2v) is 9.24. The Bertz CT molecular complexity index is 1820. The molecule has 0 radical (unpaired) electrons. The van der Waals surface area contributed by atoms with Crippen LogP contribution < -0.4 is 15.9 Å². The molecule has 4 heterocycles. The number of nitrogens with zero attached hydrogens (tertiary/aromatic N) is 3. The van der Waals surface area contributed by atoms with Crippen molar-refractivity contribution in [3.8, 4) is 17.0 Å². The van der Waals surface area contributed by atoms with Crippen LogP contribution in [0.4, 0.5) is 13.2 Å². The van der Waals surface area contributed by atoms with Crippen LogP contribution in [-0.2, 0) is 19.3 Å². The molecule has 1 aromatic carbocycles. The molecule has 4 aromatic heterocycles. The number of rotatable bonds is 6. The van der Waals surface area contributed by atoms with Crippen LogP contribution in [0.3, 0.4) is 0 Å². The molecule has 8 nitrogen and oxygen atoms in total. The van der Waals surface area contributed by atoms with E-state index in [4.69, 9.17) is 4.74 Å². The van der Waals surface area contributed by atoms with E-state index in [1.807, 2.05) is 32.0 Å². The predicted molar refractivity (Wildman–Crippen MR) is 140 cm³/mol. The molecule has 0 aliphatic rings. The van der Waals surface area contributed by atoms with Gasteiger partial charge in [-0.2, -0.15) is 13.2 Å². The zero-order valence-corrected chi connectivity index (χ0v) is 21.3. The van der Waals surface area contributed by atoms with E-state index in [0.717, 1.165) is 32.8 Å². The number of hydrogen-bond acceptors (Lipinski definition) is 5. The van der Waals surface area contributed by atoms with E-state index in [2.05, 4.69) is 20.2 Å². The minimum atomic E-state index is -4.75. The molecule has 5 aromatic rings. The summed E-state index contributed by atoms with van der Waals surface area (Å²) in [7, 11) is 0. The molecule has 0 saturated heterocycles. The summed E-state index contributed by atoms with van der Waals surface area (Å²) in [6.45, 7) is 5.31. The van der Waals surface area contributed by atoms with Gasteiger partial charge in [0.25, 0.3) is 11.1 Å². The van der Waals surface area contributed by atoms with Gasteiger partial charge in [0.15, 0.2) is 0 Å². The first-order chi connectivity index (χ1) is 18.5. The lowest BCUT2D eigenvalue weighted by Crippen LogP contribution is -2.29. The van der Waals surface area contributed by atoms with Crippen LogP contribution in [0.15, 0.2) is 64.4 Å². The minimum absolute atomic E-state index is 0.0484. The number of benzene rings is 1. The molecule has 5 rings (SSSR count). The second kappa shape index (κ2) is 9.90. The Morgan fingerprint density at radius 2 is 1.82 bits per heavy atom. The maximum Gasteiger partial charge on any atom is 0.421 e. The molecule has 11 heteroatoms.